The van der Waals surface area contributed by atoms with E-state index in [0.717, 1.165) is 4.90 Å². The minimum Gasteiger partial charge on any atom is -0.481 e. The summed E-state index contributed by atoms with van der Waals surface area (Å²) in [5, 5.41) is 52.7. The van der Waals surface area contributed by atoms with Crippen LogP contribution in [0.4, 0.5) is 0 Å². The topological polar surface area (TPSA) is 363 Å². The van der Waals surface area contributed by atoms with Gasteiger partial charge in [-0.2, -0.15) is 0 Å². The molecule has 1 aromatic heterocycles. The molecular weight excluding hydrogens is 822 g/mol. The minimum atomic E-state index is -1.96. The van der Waals surface area contributed by atoms with Crippen LogP contribution < -0.4 is 31.9 Å². The lowest BCUT2D eigenvalue weighted by Gasteiger charge is -2.33. The van der Waals surface area contributed by atoms with Crippen molar-refractivity contribution in [2.24, 2.45) is 0 Å². The monoisotopic (exact) mass is 869 g/mol. The van der Waals surface area contributed by atoms with Crippen LogP contribution in [0.15, 0.2) is 30.5 Å². The number of H-pyrrole nitrogens is 1. The fraction of sp³-hybridized carbons (Fsp3) is 0.500. The third-order valence-corrected chi connectivity index (χ3v) is 10.7. The molecule has 3 fully saturated rings. The van der Waals surface area contributed by atoms with Crippen LogP contribution >= 0.6 is 0 Å². The van der Waals surface area contributed by atoms with Gasteiger partial charge in [-0.25, -0.2) is 0 Å². The molecule has 0 saturated carbocycles. The third kappa shape index (κ3) is 11.4. The Balaban J connectivity index is 1.52. The first-order chi connectivity index (χ1) is 29.5. The van der Waals surface area contributed by atoms with Crippen molar-refractivity contribution < 1.29 is 73.2 Å². The highest BCUT2D eigenvalue weighted by atomic mass is 16.4. The van der Waals surface area contributed by atoms with E-state index in [0.29, 0.717) is 22.9 Å². The predicted molar refractivity (Wildman–Crippen MR) is 208 cm³/mol. The van der Waals surface area contributed by atoms with Gasteiger partial charge in [0.15, 0.2) is 0 Å². The maximum Gasteiger partial charge on any atom is 0.305 e. The van der Waals surface area contributed by atoms with Gasteiger partial charge in [0.25, 0.3) is 0 Å². The van der Waals surface area contributed by atoms with Crippen LogP contribution in [0.25, 0.3) is 10.9 Å². The van der Waals surface area contributed by atoms with E-state index in [1.54, 1.807) is 30.5 Å². The third-order valence-electron chi connectivity index (χ3n) is 10.7. The quantitative estimate of drug-likeness (QED) is 0.114. The number of rotatable bonds is 9. The SMILES string of the molecule is O=C(O)C[C@@H]1NC(=O)[C@H](CC(=O)O)NC(=O)[C@H](Cc2c[nH]c3ccccc23)NC(=O)[C@@H]2CCCN2C(=O)[C@H]2CCCN2C(=O)[C@H](CC(=O)O)NC(=O)[C@H](CO)NC(=O)CNC1=O. The van der Waals surface area contributed by atoms with Gasteiger partial charge in [0.2, 0.25) is 47.3 Å². The van der Waals surface area contributed by atoms with Gasteiger partial charge in [-0.1, -0.05) is 18.2 Å². The molecule has 8 amide bonds. The number of nitrogens with zero attached hydrogens (tertiary/aromatic N) is 2. The molecule has 24 heteroatoms. The van der Waals surface area contributed by atoms with Gasteiger partial charge >= 0.3 is 17.9 Å². The first kappa shape index (κ1) is 46.0. The van der Waals surface area contributed by atoms with Crippen molar-refractivity contribution in [1.82, 2.24) is 46.7 Å². The number of aliphatic hydroxyl groups excluding tert-OH is 1. The summed E-state index contributed by atoms with van der Waals surface area (Å²) in [6, 6.07) is -4.47. The molecule has 334 valence electrons. The number of nitrogens with one attached hydrogen (secondary N) is 7. The van der Waals surface area contributed by atoms with Crippen LogP contribution in [-0.4, -0.2) is 169 Å². The Bertz CT molecular complexity index is 2120. The molecule has 24 nitrogen and oxygen atoms in total. The standard InChI is InChI=1S/C38H47N9O15/c48-17-25-35(59)45-24(14-31(54)55)37(61)47-10-4-8-27(47)38(62)46-9-3-7-26(46)36(60)44-21(11-18-15-39-20-6-2-1-5-19(18)20)33(57)43-23(13-30(52)53)34(58)42-22(12-29(50)51)32(56)40-16-28(49)41-25/h1-2,5-6,15,21-27,39,48H,3-4,7-14,16-17H2,(H,40,56)(H,41,49)(H,42,58)(H,43,57)(H,44,60)(H,45,59)(H,50,51)(H,52,53)(H,54,55)/t21-,22-,23-,24-,25-,26-,27+/m0/s1. The zero-order valence-corrected chi connectivity index (χ0v) is 33.1. The molecule has 1 aromatic carbocycles. The van der Waals surface area contributed by atoms with Gasteiger partial charge in [-0.05, 0) is 37.3 Å². The summed E-state index contributed by atoms with van der Waals surface area (Å²) in [6.45, 7) is -2.05. The molecule has 4 heterocycles. The second-order valence-electron chi connectivity index (χ2n) is 15.0. The van der Waals surface area contributed by atoms with Crippen molar-refractivity contribution in [1.29, 1.82) is 0 Å². The highest BCUT2D eigenvalue weighted by Crippen LogP contribution is 2.27. The zero-order chi connectivity index (χ0) is 45.2. The summed E-state index contributed by atoms with van der Waals surface area (Å²) < 4.78 is 0. The summed E-state index contributed by atoms with van der Waals surface area (Å²) in [5.74, 6) is -13.2. The largest absolute Gasteiger partial charge is 0.481 e. The molecular formula is C38H47N9O15. The van der Waals surface area contributed by atoms with Gasteiger partial charge in [0, 0.05) is 36.6 Å². The van der Waals surface area contributed by atoms with Crippen molar-refractivity contribution in [3.63, 3.8) is 0 Å². The molecule has 0 radical (unpaired) electrons. The Morgan fingerprint density at radius 1 is 0.597 bits per heavy atom. The number of aromatic nitrogens is 1. The van der Waals surface area contributed by atoms with E-state index in [9.17, 15) is 73.2 Å². The van der Waals surface area contributed by atoms with Crippen LogP contribution in [0.5, 0.6) is 0 Å². The first-order valence-electron chi connectivity index (χ1n) is 19.7. The number of benzene rings is 1. The zero-order valence-electron chi connectivity index (χ0n) is 33.1. The van der Waals surface area contributed by atoms with Crippen molar-refractivity contribution in [2.45, 2.75) is 93.7 Å². The van der Waals surface area contributed by atoms with Crippen LogP contribution in [0.1, 0.15) is 50.5 Å². The molecule has 5 rings (SSSR count). The van der Waals surface area contributed by atoms with Crippen molar-refractivity contribution >= 4 is 76.1 Å². The number of aliphatic carboxylic acids is 3. The number of carbonyl (C=O) groups is 11. The number of para-hydroxylation sites is 1. The Kier molecular flexibility index (Phi) is 15.1. The van der Waals surface area contributed by atoms with Crippen LogP contribution in [0.2, 0.25) is 0 Å². The lowest BCUT2D eigenvalue weighted by molar-refractivity contribution is -0.150. The second-order valence-corrected chi connectivity index (χ2v) is 15.0. The van der Waals surface area contributed by atoms with E-state index in [-0.39, 0.29) is 38.8 Å². The van der Waals surface area contributed by atoms with Gasteiger partial charge in [-0.15, -0.1) is 0 Å². The lowest BCUT2D eigenvalue weighted by atomic mass is 10.0. The number of carboxylic acid groups (broad SMARTS) is 3. The fourth-order valence-electron chi connectivity index (χ4n) is 7.67. The Hall–Kier alpha value is -7.11. The molecule has 2 aromatic rings. The highest BCUT2D eigenvalue weighted by molar-refractivity contribution is 6.00. The summed E-state index contributed by atoms with van der Waals surface area (Å²) in [4.78, 5) is 150. The van der Waals surface area contributed by atoms with E-state index in [2.05, 4.69) is 36.9 Å². The van der Waals surface area contributed by atoms with Gasteiger partial charge in [0.05, 0.1) is 32.4 Å². The van der Waals surface area contributed by atoms with Crippen LogP contribution in [0.3, 0.4) is 0 Å². The molecule has 3 aliphatic heterocycles. The van der Waals surface area contributed by atoms with E-state index in [1.807, 2.05) is 0 Å². The van der Waals surface area contributed by atoms with Crippen LogP contribution in [0, 0.1) is 0 Å². The number of aliphatic hydroxyl groups is 1. The maximum absolute atomic E-state index is 14.2. The molecule has 0 unspecified atom stereocenters. The predicted octanol–water partition coefficient (Wildman–Crippen LogP) is -4.34. The Labute approximate surface area is 351 Å². The summed E-state index contributed by atoms with van der Waals surface area (Å²) >= 11 is 0. The number of carboxylic acids is 3. The molecule has 11 N–H and O–H groups in total. The number of fused-ring (bicyclic) bond motifs is 3. The van der Waals surface area contributed by atoms with Gasteiger partial charge in [0.1, 0.15) is 42.3 Å². The fourth-order valence-corrected chi connectivity index (χ4v) is 7.67. The Morgan fingerprint density at radius 2 is 1.11 bits per heavy atom. The molecule has 0 aliphatic carbocycles. The molecule has 0 spiro atoms. The van der Waals surface area contributed by atoms with Crippen molar-refractivity contribution in [3.8, 4) is 0 Å². The van der Waals surface area contributed by atoms with E-state index in [1.165, 1.54) is 4.90 Å². The van der Waals surface area contributed by atoms with Crippen LogP contribution in [-0.2, 0) is 59.2 Å². The number of aromatic amines is 1. The smallest absolute Gasteiger partial charge is 0.305 e. The van der Waals surface area contributed by atoms with Crippen molar-refractivity contribution in [3.05, 3.63) is 36.0 Å². The molecule has 62 heavy (non-hydrogen) atoms. The average molecular weight is 870 g/mol. The van der Waals surface area contributed by atoms with E-state index in [4.69, 9.17) is 0 Å². The highest BCUT2D eigenvalue weighted by Gasteiger charge is 2.45. The van der Waals surface area contributed by atoms with E-state index < -0.39 is 140 Å². The number of hydrogen-bond donors (Lipinski definition) is 11. The normalized spacial score (nSPS) is 26.2. The Morgan fingerprint density at radius 3 is 1.74 bits per heavy atom. The summed E-state index contributed by atoms with van der Waals surface area (Å²) in [6.07, 6.45) is -0.964. The molecule has 7 atom stereocenters. The van der Waals surface area contributed by atoms with Gasteiger partial charge < -0.3 is 67.1 Å². The van der Waals surface area contributed by atoms with E-state index >= 15 is 0 Å². The molecule has 0 bridgehead atoms. The summed E-state index contributed by atoms with van der Waals surface area (Å²) in [5.41, 5.74) is 1.19. The molecule has 3 aliphatic rings. The molecule has 3 saturated heterocycles. The first-order valence-corrected chi connectivity index (χ1v) is 19.7. The maximum atomic E-state index is 14.2. The summed E-state index contributed by atoms with van der Waals surface area (Å²) in [7, 11) is 0. The lowest BCUT2D eigenvalue weighted by Crippen LogP contribution is -2.61. The second kappa shape index (κ2) is 20.4. The number of amides is 8. The van der Waals surface area contributed by atoms with Crippen molar-refractivity contribution in [2.75, 3.05) is 26.2 Å². The minimum absolute atomic E-state index is 0.0351. The average Bonchev–Trinajstić information content (AvgIpc) is 4.00. The number of hydrogen-bond acceptors (Lipinski definition) is 12. The number of carbonyl (C=O) groups excluding carboxylic acids is 8. The van der Waals surface area contributed by atoms with Gasteiger partial charge in [-0.3, -0.25) is 52.7 Å².